The van der Waals surface area contributed by atoms with Gasteiger partial charge in [0.1, 0.15) is 17.1 Å². The molecule has 11 nitrogen and oxygen atoms in total. The molecule has 0 radical (unpaired) electrons. The van der Waals surface area contributed by atoms with Crippen molar-refractivity contribution in [2.75, 3.05) is 41.5 Å². The van der Waals surface area contributed by atoms with E-state index in [1.807, 2.05) is 39.0 Å². The van der Waals surface area contributed by atoms with E-state index >= 15 is 9.59 Å². The van der Waals surface area contributed by atoms with E-state index in [1.165, 1.54) is 14.2 Å². The smallest absolute Gasteiger partial charge is 0.265 e. The number of nitrogens with zero attached hydrogens (tertiary/aromatic N) is 2. The van der Waals surface area contributed by atoms with Crippen molar-refractivity contribution < 1.29 is 42.6 Å². The summed E-state index contributed by atoms with van der Waals surface area (Å²) in [5, 5.41) is 16.6. The molecule has 2 aromatic rings. The number of aliphatic hydroxyl groups excluding tert-OH is 1. The van der Waals surface area contributed by atoms with Crippen molar-refractivity contribution in [2.24, 2.45) is 11.8 Å². The van der Waals surface area contributed by atoms with Gasteiger partial charge in [-0.05, 0) is 80.6 Å². The first-order valence-corrected chi connectivity index (χ1v) is 21.4. The highest BCUT2D eigenvalue weighted by Gasteiger charge is 2.69. The fraction of sp³-hybridized carbons (Fsp3) is 0.658. The molecule has 13 heteroatoms. The number of Topliss-reactive ketones (excluding diaryl/α,β-unsaturated/α-hetero) is 2. The van der Waals surface area contributed by atoms with Crippen molar-refractivity contribution in [3.05, 3.63) is 44.7 Å². The van der Waals surface area contributed by atoms with Gasteiger partial charge >= 0.3 is 0 Å². The van der Waals surface area contributed by atoms with Crippen molar-refractivity contribution in [3.8, 4) is 11.6 Å². The van der Waals surface area contributed by atoms with E-state index in [9.17, 15) is 5.11 Å². The van der Waals surface area contributed by atoms with E-state index in [-0.39, 0.29) is 27.8 Å². The largest absolute Gasteiger partial charge is 0.507 e. The second kappa shape index (κ2) is 14.9. The van der Waals surface area contributed by atoms with Crippen LogP contribution in [0.3, 0.4) is 0 Å². The second-order valence-electron chi connectivity index (χ2n) is 15.7. The minimum absolute atomic E-state index is 0.0610. The molecule has 1 aromatic heterocycles. The summed E-state index contributed by atoms with van der Waals surface area (Å²) in [6, 6.07) is 1.15. The number of carbonyl (C=O) groups excluding carboxylic acids is 2. The number of rotatable bonds is 14. The third-order valence-electron chi connectivity index (χ3n) is 11.2. The lowest BCUT2D eigenvalue weighted by Crippen LogP contribution is -2.68. The van der Waals surface area contributed by atoms with Crippen LogP contribution in [0.5, 0.6) is 11.6 Å². The molecule has 0 bridgehead atoms. The molecule has 3 aliphatic carbocycles. The summed E-state index contributed by atoms with van der Waals surface area (Å²) < 4.78 is 36.6. The Kier molecular flexibility index (Phi) is 11.6. The van der Waals surface area contributed by atoms with E-state index in [2.05, 4.69) is 32.9 Å². The molecule has 1 N–H and O–H groups in total. The zero-order chi connectivity index (χ0) is 37.6. The zero-order valence-electron chi connectivity index (χ0n) is 32.0. The maximum atomic E-state index is 15.6. The van der Waals surface area contributed by atoms with Crippen LogP contribution in [-0.2, 0) is 25.1 Å². The molecule has 4 atom stereocenters. The Hall–Kier alpha value is -2.74. The van der Waals surface area contributed by atoms with Gasteiger partial charge in [0.15, 0.2) is 26.0 Å². The van der Waals surface area contributed by atoms with Crippen LogP contribution in [0.25, 0.3) is 5.76 Å². The normalized spacial score (nSPS) is 23.4. The van der Waals surface area contributed by atoms with Gasteiger partial charge in [0, 0.05) is 31.3 Å². The number of ether oxygens (including phenoxy) is 4. The van der Waals surface area contributed by atoms with E-state index < -0.39 is 49.7 Å². The first-order valence-electron chi connectivity index (χ1n) is 18.1. The van der Waals surface area contributed by atoms with Crippen LogP contribution < -0.4 is 9.47 Å². The van der Waals surface area contributed by atoms with Gasteiger partial charge in [-0.15, -0.1) is 0 Å². The van der Waals surface area contributed by atoms with Crippen LogP contribution in [0.15, 0.2) is 16.2 Å². The number of benzene rings is 1. The summed E-state index contributed by atoms with van der Waals surface area (Å²) in [6.07, 6.45) is 3.17. The average molecular weight is 747 g/mol. The number of methoxy groups -OCH3 is 2. The molecule has 1 fully saturated rings. The number of hydrogen-bond donors (Lipinski definition) is 1. The van der Waals surface area contributed by atoms with Crippen LogP contribution in [-0.4, -0.2) is 82.2 Å². The van der Waals surface area contributed by atoms with E-state index in [0.717, 1.165) is 25.7 Å². The highest BCUT2D eigenvalue weighted by atomic mass is 35.5. The molecule has 51 heavy (non-hydrogen) atoms. The summed E-state index contributed by atoms with van der Waals surface area (Å²) >= 11 is 7.12. The van der Waals surface area contributed by atoms with Crippen molar-refractivity contribution >= 4 is 37.2 Å². The van der Waals surface area contributed by atoms with Gasteiger partial charge in [-0.25, -0.2) is 0 Å². The summed E-state index contributed by atoms with van der Waals surface area (Å²) in [5.74, 6) is -1.73. The standard InChI is InChI=1S/C38H55ClN2O9Si/c1-12-14-16-47-25-20-23(36(45-8)46-9)29(39)22-18-21-19-24-30(41(6)7)32-28(35(40-49-32)48-17-15-13-2)34(44)38(24,50-51(10,11)37(3,4)5)33(43)26(21)31(42)27(22)25/h20-21,24,30,36,42H,12-19H2,1-11H3/t21-,24-,30-,38-/m0/s1. The van der Waals surface area contributed by atoms with Crippen LogP contribution in [0.1, 0.15) is 112 Å². The number of halogens is 1. The predicted octanol–water partition coefficient (Wildman–Crippen LogP) is 8.27. The van der Waals surface area contributed by atoms with Gasteiger partial charge in [-0.1, -0.05) is 59.1 Å². The van der Waals surface area contributed by atoms with Crippen molar-refractivity contribution in [1.29, 1.82) is 0 Å². The minimum Gasteiger partial charge on any atom is -0.507 e. The number of aliphatic hydroxyl groups is 1. The fourth-order valence-corrected chi connectivity index (χ4v) is 9.32. The number of hydrogen-bond acceptors (Lipinski definition) is 11. The van der Waals surface area contributed by atoms with Crippen LogP contribution >= 0.6 is 11.6 Å². The fourth-order valence-electron chi connectivity index (χ4n) is 7.55. The highest BCUT2D eigenvalue weighted by Crippen LogP contribution is 2.59. The molecule has 1 aromatic carbocycles. The maximum Gasteiger partial charge on any atom is 0.265 e. The number of unbranched alkanes of at least 4 members (excludes halogenated alkanes) is 2. The summed E-state index contributed by atoms with van der Waals surface area (Å²) in [6.45, 7) is 15.1. The lowest BCUT2D eigenvalue weighted by atomic mass is 9.57. The zero-order valence-corrected chi connectivity index (χ0v) is 33.8. The Balaban J connectivity index is 1.79. The molecule has 282 valence electrons. The molecule has 0 saturated heterocycles. The first kappa shape index (κ1) is 39.5. The first-order chi connectivity index (χ1) is 24.0. The Morgan fingerprint density at radius 1 is 1.06 bits per heavy atom. The topological polar surface area (TPSA) is 130 Å². The van der Waals surface area contributed by atoms with Crippen LogP contribution in [0.2, 0.25) is 23.2 Å². The maximum absolute atomic E-state index is 15.6. The Labute approximate surface area is 308 Å². The molecule has 0 unspecified atom stereocenters. The van der Waals surface area contributed by atoms with Gasteiger partial charge in [0.05, 0.1) is 29.8 Å². The molecule has 0 spiro atoms. The third kappa shape index (κ3) is 6.58. The predicted molar refractivity (Wildman–Crippen MR) is 197 cm³/mol. The lowest BCUT2D eigenvalue weighted by molar-refractivity contribution is -0.140. The summed E-state index contributed by atoms with van der Waals surface area (Å²) in [4.78, 5) is 32.8. The van der Waals surface area contributed by atoms with Gasteiger partial charge in [0.2, 0.25) is 11.6 Å². The Bertz CT molecular complexity index is 1680. The number of fused-ring (bicyclic) bond motifs is 4. The quantitative estimate of drug-likeness (QED) is 0.0868. The van der Waals surface area contributed by atoms with E-state index in [1.54, 1.807) is 6.07 Å². The molecule has 0 amide bonds. The van der Waals surface area contributed by atoms with Gasteiger partial charge < -0.3 is 33.0 Å². The minimum atomic E-state index is -2.86. The van der Waals surface area contributed by atoms with Gasteiger partial charge in [-0.3, -0.25) is 14.5 Å². The number of carbonyl (C=O) groups is 2. The van der Waals surface area contributed by atoms with Crippen molar-refractivity contribution in [2.45, 2.75) is 109 Å². The molecule has 0 aliphatic heterocycles. The van der Waals surface area contributed by atoms with Gasteiger partial charge in [-0.2, -0.15) is 0 Å². The number of ketones is 2. The average Bonchev–Trinajstić information content (AvgIpc) is 3.47. The van der Waals surface area contributed by atoms with Gasteiger partial charge in [0.25, 0.3) is 5.88 Å². The van der Waals surface area contributed by atoms with Crippen LogP contribution in [0, 0.1) is 11.8 Å². The molecular weight excluding hydrogens is 692 g/mol. The van der Waals surface area contributed by atoms with E-state index in [4.69, 9.17) is 39.5 Å². The summed E-state index contributed by atoms with van der Waals surface area (Å²) in [5.41, 5.74) is -0.164. The monoisotopic (exact) mass is 746 g/mol. The molecular formula is C38H55ClN2O9Si. The third-order valence-corrected chi connectivity index (χ3v) is 16.1. The SMILES string of the molecule is CCCCOc1cc(C(OC)OC)c(Cl)c2c1C(O)=C1C(=O)[C@]3(O[Si](C)(C)C(C)(C)C)C(=O)c4c(OCCCC)noc4[C@@H](N(C)C)[C@@H]3C[C@@H]1C2. The van der Waals surface area contributed by atoms with Crippen molar-refractivity contribution in [3.63, 3.8) is 0 Å². The Morgan fingerprint density at radius 2 is 1.69 bits per heavy atom. The van der Waals surface area contributed by atoms with E-state index in [0.29, 0.717) is 59.3 Å². The second-order valence-corrected chi connectivity index (χ2v) is 20.8. The molecule has 1 heterocycles. The Morgan fingerprint density at radius 3 is 2.25 bits per heavy atom. The lowest BCUT2D eigenvalue weighted by Gasteiger charge is -2.55. The highest BCUT2D eigenvalue weighted by molar-refractivity contribution is 6.74. The summed E-state index contributed by atoms with van der Waals surface area (Å²) in [7, 11) is 3.98. The molecule has 1 saturated carbocycles. The molecule has 3 aliphatic rings. The number of aromatic nitrogens is 1. The van der Waals surface area contributed by atoms with Crippen LogP contribution in [0.4, 0.5) is 0 Å². The molecule has 5 rings (SSSR count). The van der Waals surface area contributed by atoms with Crippen molar-refractivity contribution in [1.82, 2.24) is 10.1 Å².